The topological polar surface area (TPSA) is 28.7 Å². The van der Waals surface area contributed by atoms with E-state index in [4.69, 9.17) is 0 Å². The van der Waals surface area contributed by atoms with Crippen LogP contribution in [0, 0.1) is 0 Å². The zero-order valence-corrected chi connectivity index (χ0v) is 9.25. The molecule has 1 N–H and O–H groups in total. The smallest absolute Gasteiger partial charge is 0.273 e. The summed E-state index contributed by atoms with van der Waals surface area (Å²) in [7, 11) is 0. The molecule has 86 valence electrons. The summed E-state index contributed by atoms with van der Waals surface area (Å²) >= 11 is 1.46. The van der Waals surface area contributed by atoms with E-state index < -0.39 is 11.9 Å². The highest BCUT2D eigenvalue weighted by Gasteiger charge is 2.33. The van der Waals surface area contributed by atoms with E-state index in [0.717, 1.165) is 22.2 Å². The van der Waals surface area contributed by atoms with E-state index in [-0.39, 0.29) is 0 Å². The number of aromatic amines is 1. The van der Waals surface area contributed by atoms with Crippen molar-refractivity contribution in [2.24, 2.45) is 0 Å². The summed E-state index contributed by atoms with van der Waals surface area (Å²) in [6, 6.07) is 4.73. The van der Waals surface area contributed by atoms with E-state index >= 15 is 0 Å². The highest BCUT2D eigenvalue weighted by atomic mass is 32.1. The number of H-pyrrole nitrogens is 1. The first kappa shape index (κ1) is 11.2. The summed E-state index contributed by atoms with van der Waals surface area (Å²) < 4.78 is 37.0. The fourth-order valence-electron chi connectivity index (χ4n) is 1.30. The van der Waals surface area contributed by atoms with Gasteiger partial charge in [0, 0.05) is 4.88 Å². The van der Waals surface area contributed by atoms with Crippen LogP contribution in [-0.4, -0.2) is 10.2 Å². The molecule has 0 aliphatic rings. The minimum Gasteiger partial charge on any atom is -0.273 e. The Kier molecular flexibility index (Phi) is 2.75. The first-order valence-electron chi connectivity index (χ1n) is 4.72. The Hall–Kier alpha value is -1.30. The molecule has 16 heavy (non-hydrogen) atoms. The van der Waals surface area contributed by atoms with Gasteiger partial charge in [0.1, 0.15) is 11.4 Å². The molecule has 2 rings (SSSR count). The standard InChI is InChI=1S/C10H9F3N2S/c1-2-6-3-4-8(16-6)7-5-9(15-14-7)10(11,12)13/h3-5H,2H2,1H3,(H,14,15). The number of aromatic nitrogens is 2. The van der Waals surface area contributed by atoms with E-state index in [9.17, 15) is 13.2 Å². The summed E-state index contributed by atoms with van der Waals surface area (Å²) in [5, 5.41) is 5.67. The maximum atomic E-state index is 12.3. The van der Waals surface area contributed by atoms with Crippen LogP contribution in [-0.2, 0) is 12.6 Å². The zero-order chi connectivity index (χ0) is 11.8. The normalized spacial score (nSPS) is 12.0. The molecule has 0 saturated heterocycles. The lowest BCUT2D eigenvalue weighted by molar-refractivity contribution is -0.141. The van der Waals surface area contributed by atoms with Gasteiger partial charge in [-0.15, -0.1) is 11.3 Å². The van der Waals surface area contributed by atoms with Crippen molar-refractivity contribution in [3.8, 4) is 10.6 Å². The van der Waals surface area contributed by atoms with Crippen molar-refractivity contribution < 1.29 is 13.2 Å². The van der Waals surface area contributed by atoms with Crippen LogP contribution in [0.3, 0.4) is 0 Å². The van der Waals surface area contributed by atoms with Crippen molar-refractivity contribution in [1.82, 2.24) is 10.2 Å². The second kappa shape index (κ2) is 3.93. The van der Waals surface area contributed by atoms with Gasteiger partial charge in [-0.25, -0.2) is 0 Å². The average Bonchev–Trinajstić information content (AvgIpc) is 2.85. The first-order chi connectivity index (χ1) is 7.50. The second-order valence-electron chi connectivity index (χ2n) is 3.28. The predicted octanol–water partition coefficient (Wildman–Crippen LogP) is 3.72. The third-order valence-corrected chi connectivity index (χ3v) is 3.40. The molecule has 6 heteroatoms. The van der Waals surface area contributed by atoms with Gasteiger partial charge in [-0.05, 0) is 24.6 Å². The third kappa shape index (κ3) is 2.11. The van der Waals surface area contributed by atoms with Gasteiger partial charge in [0.05, 0.1) is 4.88 Å². The number of rotatable bonds is 2. The molecular formula is C10H9F3N2S. The summed E-state index contributed by atoms with van der Waals surface area (Å²) in [4.78, 5) is 1.88. The van der Waals surface area contributed by atoms with Crippen LogP contribution in [0.5, 0.6) is 0 Å². The Balaban J connectivity index is 2.31. The van der Waals surface area contributed by atoms with Gasteiger partial charge in [0.25, 0.3) is 0 Å². The Labute approximate surface area is 94.1 Å². The molecule has 0 saturated carbocycles. The molecule has 0 bridgehead atoms. The largest absolute Gasteiger partial charge is 0.432 e. The van der Waals surface area contributed by atoms with Crippen molar-refractivity contribution in [1.29, 1.82) is 0 Å². The molecule has 0 radical (unpaired) electrons. The fraction of sp³-hybridized carbons (Fsp3) is 0.300. The van der Waals surface area contributed by atoms with E-state index in [1.54, 1.807) is 6.07 Å². The Morgan fingerprint density at radius 3 is 2.62 bits per heavy atom. The van der Waals surface area contributed by atoms with Gasteiger partial charge in [-0.1, -0.05) is 6.92 Å². The van der Waals surface area contributed by atoms with Gasteiger partial charge >= 0.3 is 6.18 Å². The van der Waals surface area contributed by atoms with E-state index in [1.807, 2.05) is 18.1 Å². The maximum Gasteiger partial charge on any atom is 0.432 e. The molecule has 0 amide bonds. The quantitative estimate of drug-likeness (QED) is 0.859. The minimum absolute atomic E-state index is 0.344. The maximum absolute atomic E-state index is 12.3. The van der Waals surface area contributed by atoms with Gasteiger partial charge in [0.15, 0.2) is 0 Å². The number of thiophene rings is 1. The van der Waals surface area contributed by atoms with Crippen LogP contribution < -0.4 is 0 Å². The van der Waals surface area contributed by atoms with Crippen LogP contribution in [0.15, 0.2) is 18.2 Å². The van der Waals surface area contributed by atoms with Crippen LogP contribution >= 0.6 is 11.3 Å². The fourth-order valence-corrected chi connectivity index (χ4v) is 2.21. The summed E-state index contributed by atoms with van der Waals surface area (Å²) in [5.41, 5.74) is -0.467. The van der Waals surface area contributed by atoms with E-state index in [0.29, 0.717) is 5.69 Å². The lowest BCUT2D eigenvalue weighted by atomic mass is 10.3. The van der Waals surface area contributed by atoms with Gasteiger partial charge in [-0.2, -0.15) is 18.3 Å². The molecule has 2 nitrogen and oxygen atoms in total. The van der Waals surface area contributed by atoms with Crippen LogP contribution in [0.25, 0.3) is 10.6 Å². The van der Waals surface area contributed by atoms with Crippen molar-refractivity contribution in [3.63, 3.8) is 0 Å². The summed E-state index contributed by atoms with van der Waals surface area (Å²) in [5.74, 6) is 0. The Bertz CT molecular complexity index is 484. The lowest BCUT2D eigenvalue weighted by Crippen LogP contribution is -2.04. The Morgan fingerprint density at radius 2 is 2.12 bits per heavy atom. The number of halogens is 3. The highest BCUT2D eigenvalue weighted by molar-refractivity contribution is 7.15. The highest BCUT2D eigenvalue weighted by Crippen LogP contribution is 2.32. The molecule has 0 atom stereocenters. The minimum atomic E-state index is -4.36. The third-order valence-electron chi connectivity index (χ3n) is 2.15. The SMILES string of the molecule is CCc1ccc(-c2cc(C(F)(F)F)[nH]n2)s1. The number of hydrogen-bond acceptors (Lipinski definition) is 2. The summed E-state index contributed by atoms with van der Waals surface area (Å²) in [6.07, 6.45) is -3.49. The molecule has 0 aliphatic heterocycles. The number of hydrogen-bond donors (Lipinski definition) is 1. The van der Waals surface area contributed by atoms with Crippen molar-refractivity contribution in [2.45, 2.75) is 19.5 Å². The molecule has 2 heterocycles. The van der Waals surface area contributed by atoms with E-state index in [1.165, 1.54) is 11.3 Å². The first-order valence-corrected chi connectivity index (χ1v) is 5.54. The predicted molar refractivity (Wildman–Crippen MR) is 56.3 cm³/mol. The molecule has 0 unspecified atom stereocenters. The average molecular weight is 246 g/mol. The van der Waals surface area contributed by atoms with Crippen LogP contribution in [0.4, 0.5) is 13.2 Å². The van der Waals surface area contributed by atoms with Crippen molar-refractivity contribution in [2.75, 3.05) is 0 Å². The van der Waals surface area contributed by atoms with Crippen molar-refractivity contribution >= 4 is 11.3 Å². The van der Waals surface area contributed by atoms with Gasteiger partial charge < -0.3 is 0 Å². The molecular weight excluding hydrogens is 237 g/mol. The number of aryl methyl sites for hydroxylation is 1. The second-order valence-corrected chi connectivity index (χ2v) is 4.45. The molecule has 0 spiro atoms. The Morgan fingerprint density at radius 1 is 1.38 bits per heavy atom. The van der Waals surface area contributed by atoms with Gasteiger partial charge in [-0.3, -0.25) is 5.10 Å². The lowest BCUT2D eigenvalue weighted by Gasteiger charge is -1.99. The molecule has 2 aromatic heterocycles. The molecule has 0 aromatic carbocycles. The molecule has 0 fully saturated rings. The number of nitrogens with one attached hydrogen (secondary N) is 1. The number of alkyl halides is 3. The summed E-state index contributed by atoms with van der Waals surface area (Å²) in [6.45, 7) is 2.00. The van der Waals surface area contributed by atoms with Crippen LogP contribution in [0.2, 0.25) is 0 Å². The van der Waals surface area contributed by atoms with E-state index in [2.05, 4.69) is 5.10 Å². The van der Waals surface area contributed by atoms with Crippen LogP contribution in [0.1, 0.15) is 17.5 Å². The number of nitrogens with zero attached hydrogens (tertiary/aromatic N) is 1. The molecule has 2 aromatic rings. The zero-order valence-electron chi connectivity index (χ0n) is 8.43. The van der Waals surface area contributed by atoms with Gasteiger partial charge in [0.2, 0.25) is 0 Å². The van der Waals surface area contributed by atoms with Crippen molar-refractivity contribution in [3.05, 3.63) is 28.8 Å². The monoisotopic (exact) mass is 246 g/mol. The molecule has 0 aliphatic carbocycles.